The number of carbonyl (C=O) groups excluding carboxylic acids is 1. The zero-order valence-electron chi connectivity index (χ0n) is 13.8. The van der Waals surface area contributed by atoms with Gasteiger partial charge in [0, 0.05) is 24.4 Å². The van der Waals surface area contributed by atoms with Crippen LogP contribution in [0.5, 0.6) is 0 Å². The van der Waals surface area contributed by atoms with Crippen molar-refractivity contribution in [1.82, 2.24) is 10.2 Å². The van der Waals surface area contributed by atoms with Crippen LogP contribution in [-0.4, -0.2) is 53.6 Å². The molecule has 7 heteroatoms. The molecule has 1 aliphatic heterocycles. The molecule has 1 N–H and O–H groups in total. The molecule has 1 rings (SSSR count). The van der Waals surface area contributed by atoms with Gasteiger partial charge in [-0.3, -0.25) is 0 Å². The number of likely N-dealkylation sites (tertiary alicyclic amines) is 1. The molecule has 22 heavy (non-hydrogen) atoms. The number of nitrogens with one attached hydrogen (secondary N) is 1. The molecule has 1 fully saturated rings. The van der Waals surface area contributed by atoms with Gasteiger partial charge in [0.15, 0.2) is 0 Å². The highest BCUT2D eigenvalue weighted by molar-refractivity contribution is 6.20. The lowest BCUT2D eigenvalue weighted by molar-refractivity contribution is -0.0784. The molecule has 2 atom stereocenters. The van der Waals surface area contributed by atoms with Crippen molar-refractivity contribution in [3.05, 3.63) is 0 Å². The van der Waals surface area contributed by atoms with Gasteiger partial charge in [-0.05, 0) is 47.1 Å². The molecular weight excluding hydrogens is 314 g/mol. The number of ether oxygens (including phenoxy) is 1. The fourth-order valence-electron chi connectivity index (χ4n) is 2.39. The number of piperidine rings is 1. The first-order valence-electron chi connectivity index (χ1n) is 7.72. The zero-order valence-corrected chi connectivity index (χ0v) is 14.6. The summed E-state index contributed by atoms with van der Waals surface area (Å²) in [5.74, 6) is -2.90. The van der Waals surface area contributed by atoms with E-state index in [4.69, 9.17) is 16.3 Å². The van der Waals surface area contributed by atoms with Gasteiger partial charge in [0.1, 0.15) is 5.60 Å². The predicted molar refractivity (Wildman–Crippen MR) is 83.7 cm³/mol. The SMILES string of the molecule is CC(Cl)CCCN[C@H]1CN(C(=O)OC(C)(C)C)CC(F)(F)C1. The van der Waals surface area contributed by atoms with E-state index in [9.17, 15) is 13.6 Å². The molecule has 0 saturated carbocycles. The third-order valence-electron chi connectivity index (χ3n) is 3.27. The Hall–Kier alpha value is -0.620. The predicted octanol–water partition coefficient (Wildman–Crippen LogP) is 3.63. The van der Waals surface area contributed by atoms with E-state index in [2.05, 4.69) is 5.32 Å². The van der Waals surface area contributed by atoms with E-state index in [1.807, 2.05) is 6.92 Å². The van der Waals surface area contributed by atoms with Crippen LogP contribution in [0.3, 0.4) is 0 Å². The van der Waals surface area contributed by atoms with Crippen LogP contribution >= 0.6 is 11.6 Å². The number of nitrogens with zero attached hydrogens (tertiary/aromatic N) is 1. The van der Waals surface area contributed by atoms with Crippen LogP contribution in [0.1, 0.15) is 47.0 Å². The highest BCUT2D eigenvalue weighted by Crippen LogP contribution is 2.28. The Morgan fingerprint density at radius 2 is 2.14 bits per heavy atom. The standard InChI is InChI=1S/C15H27ClF2N2O2/c1-11(16)6-5-7-19-12-8-15(17,18)10-20(9-12)13(21)22-14(2,3)4/h11-12,19H,5-10H2,1-4H3/t11?,12-/m1/s1. The topological polar surface area (TPSA) is 41.6 Å². The highest BCUT2D eigenvalue weighted by atomic mass is 35.5. The molecule has 1 heterocycles. The van der Waals surface area contributed by atoms with Crippen LogP contribution in [0.25, 0.3) is 0 Å². The van der Waals surface area contributed by atoms with Gasteiger partial charge in [-0.25, -0.2) is 13.6 Å². The fraction of sp³-hybridized carbons (Fsp3) is 0.933. The average Bonchev–Trinajstić information content (AvgIpc) is 2.30. The number of alkyl halides is 3. The van der Waals surface area contributed by atoms with E-state index in [-0.39, 0.29) is 18.3 Å². The Labute approximate surface area is 136 Å². The third kappa shape index (κ3) is 7.58. The van der Waals surface area contributed by atoms with Crippen LogP contribution in [0, 0.1) is 0 Å². The minimum absolute atomic E-state index is 0.0767. The fourth-order valence-corrected chi connectivity index (χ4v) is 2.55. The zero-order chi connectivity index (χ0) is 17.0. The summed E-state index contributed by atoms with van der Waals surface area (Å²) in [4.78, 5) is 13.1. The number of carbonyl (C=O) groups is 1. The van der Waals surface area contributed by atoms with Crippen molar-refractivity contribution in [3.8, 4) is 0 Å². The van der Waals surface area contributed by atoms with Crippen LogP contribution in [0.2, 0.25) is 0 Å². The van der Waals surface area contributed by atoms with Gasteiger partial charge in [0.05, 0.1) is 6.54 Å². The molecule has 0 bridgehead atoms. The van der Waals surface area contributed by atoms with Crippen LogP contribution in [-0.2, 0) is 4.74 Å². The first-order valence-corrected chi connectivity index (χ1v) is 8.15. The van der Waals surface area contributed by atoms with Crippen LogP contribution in [0.15, 0.2) is 0 Å². The first-order chi connectivity index (χ1) is 9.98. The highest BCUT2D eigenvalue weighted by Gasteiger charge is 2.42. The Bertz CT molecular complexity index is 373. The molecule has 0 radical (unpaired) electrons. The monoisotopic (exact) mass is 340 g/mol. The molecule has 0 spiro atoms. The molecule has 130 valence electrons. The summed E-state index contributed by atoms with van der Waals surface area (Å²) in [5, 5.41) is 3.17. The first kappa shape index (κ1) is 19.4. The van der Waals surface area contributed by atoms with Gasteiger partial charge < -0.3 is 15.0 Å². The van der Waals surface area contributed by atoms with E-state index >= 15 is 0 Å². The van der Waals surface area contributed by atoms with Gasteiger partial charge in [0.25, 0.3) is 5.92 Å². The molecule has 0 aromatic heterocycles. The lowest BCUT2D eigenvalue weighted by Gasteiger charge is -2.38. The Kier molecular flexibility index (Phi) is 6.86. The van der Waals surface area contributed by atoms with E-state index in [1.54, 1.807) is 20.8 Å². The van der Waals surface area contributed by atoms with Crippen molar-refractivity contribution in [3.63, 3.8) is 0 Å². The lowest BCUT2D eigenvalue weighted by atomic mass is 10.0. The summed E-state index contributed by atoms with van der Waals surface area (Å²) in [6.07, 6.45) is 0.697. The molecular formula is C15H27ClF2N2O2. The van der Waals surface area contributed by atoms with Gasteiger partial charge in [0.2, 0.25) is 0 Å². The van der Waals surface area contributed by atoms with E-state index in [1.165, 1.54) is 0 Å². The summed E-state index contributed by atoms with van der Waals surface area (Å²) in [5.41, 5.74) is -0.691. The smallest absolute Gasteiger partial charge is 0.410 e. The quantitative estimate of drug-likeness (QED) is 0.614. The average molecular weight is 341 g/mol. The molecule has 0 aromatic carbocycles. The summed E-state index contributed by atoms with van der Waals surface area (Å²) in [7, 11) is 0. The van der Waals surface area contributed by atoms with Gasteiger partial charge >= 0.3 is 6.09 Å². The maximum atomic E-state index is 13.8. The molecule has 1 amide bonds. The van der Waals surface area contributed by atoms with E-state index < -0.39 is 30.2 Å². The van der Waals surface area contributed by atoms with Crippen molar-refractivity contribution in [2.45, 2.75) is 69.9 Å². The minimum atomic E-state index is -2.90. The third-order valence-corrected chi connectivity index (χ3v) is 3.49. The second-order valence-corrected chi connectivity index (χ2v) is 7.74. The van der Waals surface area contributed by atoms with Crippen molar-refractivity contribution in [2.24, 2.45) is 0 Å². The number of hydrogen-bond acceptors (Lipinski definition) is 3. The number of rotatable bonds is 5. The maximum absolute atomic E-state index is 13.8. The number of halogens is 3. The van der Waals surface area contributed by atoms with Crippen LogP contribution < -0.4 is 5.32 Å². The molecule has 1 aliphatic rings. The van der Waals surface area contributed by atoms with Crippen molar-refractivity contribution in [2.75, 3.05) is 19.6 Å². The van der Waals surface area contributed by atoms with E-state index in [0.717, 1.165) is 17.7 Å². The van der Waals surface area contributed by atoms with Crippen molar-refractivity contribution in [1.29, 1.82) is 0 Å². The number of hydrogen-bond donors (Lipinski definition) is 1. The molecule has 1 unspecified atom stereocenters. The molecule has 4 nitrogen and oxygen atoms in total. The Balaban J connectivity index is 2.52. The van der Waals surface area contributed by atoms with Crippen LogP contribution in [0.4, 0.5) is 13.6 Å². The molecule has 0 aliphatic carbocycles. The lowest BCUT2D eigenvalue weighted by Crippen LogP contribution is -2.56. The van der Waals surface area contributed by atoms with E-state index in [0.29, 0.717) is 6.54 Å². The minimum Gasteiger partial charge on any atom is -0.444 e. The molecule has 0 aromatic rings. The van der Waals surface area contributed by atoms with Gasteiger partial charge in [-0.1, -0.05) is 0 Å². The van der Waals surface area contributed by atoms with Crippen molar-refractivity contribution < 1.29 is 18.3 Å². The number of amides is 1. The van der Waals surface area contributed by atoms with Gasteiger partial charge in [-0.2, -0.15) is 0 Å². The Morgan fingerprint density at radius 3 is 2.68 bits per heavy atom. The normalized spacial score (nSPS) is 23.2. The van der Waals surface area contributed by atoms with Gasteiger partial charge in [-0.15, -0.1) is 11.6 Å². The second-order valence-electron chi connectivity index (χ2n) is 6.99. The summed E-state index contributed by atoms with van der Waals surface area (Å²) < 4.78 is 32.8. The maximum Gasteiger partial charge on any atom is 0.410 e. The summed E-state index contributed by atoms with van der Waals surface area (Å²) in [6.45, 7) is 7.32. The summed E-state index contributed by atoms with van der Waals surface area (Å²) >= 11 is 5.85. The second kappa shape index (κ2) is 7.77. The summed E-state index contributed by atoms with van der Waals surface area (Å²) in [6, 6.07) is -0.429. The largest absolute Gasteiger partial charge is 0.444 e. The Morgan fingerprint density at radius 1 is 1.50 bits per heavy atom. The van der Waals surface area contributed by atoms with Crippen molar-refractivity contribution >= 4 is 17.7 Å². The molecule has 1 saturated heterocycles.